The highest BCUT2D eigenvalue weighted by molar-refractivity contribution is 5.68. The van der Waals surface area contributed by atoms with Gasteiger partial charge in [-0.3, -0.25) is 0 Å². The van der Waals surface area contributed by atoms with Crippen molar-refractivity contribution in [2.45, 2.75) is 32.7 Å². The molecule has 0 saturated heterocycles. The van der Waals surface area contributed by atoms with E-state index in [1.807, 2.05) is 11.6 Å². The molecule has 0 spiro atoms. The number of nitrogens with zero attached hydrogens (tertiary/aromatic N) is 2. The van der Waals surface area contributed by atoms with Gasteiger partial charge < -0.3 is 5.73 Å². The molecule has 5 heteroatoms. The Bertz CT molecular complexity index is 613. The maximum absolute atomic E-state index is 12.6. The average Bonchev–Trinajstić information content (AvgIpc) is 3.21. The maximum atomic E-state index is 12.6. The van der Waals surface area contributed by atoms with E-state index >= 15 is 0 Å². The van der Waals surface area contributed by atoms with Gasteiger partial charge in [0.1, 0.15) is 5.82 Å². The van der Waals surface area contributed by atoms with Crippen molar-refractivity contribution in [2.24, 2.45) is 5.92 Å². The van der Waals surface area contributed by atoms with Gasteiger partial charge in [-0.05, 0) is 25.7 Å². The monoisotopic (exact) mass is 277 g/mol. The summed E-state index contributed by atoms with van der Waals surface area (Å²) in [5.74, 6) is 1.36. The maximum Gasteiger partial charge on any atom is 0.263 e. The Hall–Kier alpha value is -1.91. The van der Waals surface area contributed by atoms with E-state index in [-0.39, 0.29) is 5.56 Å². The molecule has 3 rings (SSSR count). The lowest BCUT2D eigenvalue weighted by atomic mass is 10.1. The number of alkyl halides is 2. The summed E-state index contributed by atoms with van der Waals surface area (Å²) in [4.78, 5) is 0. The molecule has 2 aromatic rings. The molecular weight excluding hydrogens is 260 g/mol. The van der Waals surface area contributed by atoms with Crippen LogP contribution in [-0.2, 0) is 6.54 Å². The van der Waals surface area contributed by atoms with Crippen molar-refractivity contribution in [2.75, 3.05) is 5.73 Å². The van der Waals surface area contributed by atoms with Crippen LogP contribution in [0.3, 0.4) is 0 Å². The molecule has 1 heterocycles. The molecule has 3 nitrogen and oxygen atoms in total. The van der Waals surface area contributed by atoms with Crippen molar-refractivity contribution in [3.8, 4) is 11.3 Å². The van der Waals surface area contributed by atoms with Gasteiger partial charge in [0.15, 0.2) is 0 Å². The molecule has 1 aromatic heterocycles. The van der Waals surface area contributed by atoms with Crippen LogP contribution in [0.15, 0.2) is 24.3 Å². The summed E-state index contributed by atoms with van der Waals surface area (Å²) in [5.41, 5.74) is 8.62. The molecular formula is C15H17F2N3. The zero-order chi connectivity index (χ0) is 14.3. The fourth-order valence-corrected chi connectivity index (χ4v) is 2.31. The fourth-order valence-electron chi connectivity index (χ4n) is 2.31. The summed E-state index contributed by atoms with van der Waals surface area (Å²) in [6.45, 7) is 2.77. The molecule has 0 aliphatic heterocycles. The predicted octanol–water partition coefficient (Wildman–Crippen LogP) is 3.79. The van der Waals surface area contributed by atoms with E-state index in [2.05, 4.69) is 5.10 Å². The number of anilines is 1. The first kappa shape index (κ1) is 13.1. The van der Waals surface area contributed by atoms with Gasteiger partial charge in [0.2, 0.25) is 0 Å². The largest absolute Gasteiger partial charge is 0.384 e. The molecule has 106 valence electrons. The van der Waals surface area contributed by atoms with Crippen molar-refractivity contribution >= 4 is 5.82 Å². The summed E-state index contributed by atoms with van der Waals surface area (Å²) in [7, 11) is 0. The summed E-state index contributed by atoms with van der Waals surface area (Å²) >= 11 is 0. The second-order valence-corrected chi connectivity index (χ2v) is 5.41. The van der Waals surface area contributed by atoms with E-state index in [1.165, 1.54) is 25.0 Å². The van der Waals surface area contributed by atoms with Gasteiger partial charge in [-0.1, -0.05) is 24.3 Å². The van der Waals surface area contributed by atoms with E-state index in [9.17, 15) is 8.78 Å². The van der Waals surface area contributed by atoms with Crippen LogP contribution in [0.25, 0.3) is 11.3 Å². The second kappa shape index (κ2) is 4.89. The Labute approximate surface area is 116 Å². The van der Waals surface area contributed by atoms with Crippen LogP contribution in [-0.4, -0.2) is 9.78 Å². The number of rotatable bonds is 4. The first-order chi connectivity index (χ1) is 9.56. The lowest BCUT2D eigenvalue weighted by Crippen LogP contribution is -2.06. The van der Waals surface area contributed by atoms with Gasteiger partial charge in [-0.15, -0.1) is 0 Å². The average molecular weight is 277 g/mol. The van der Waals surface area contributed by atoms with Crippen LogP contribution in [0.5, 0.6) is 0 Å². The van der Waals surface area contributed by atoms with Crippen molar-refractivity contribution in [1.82, 2.24) is 9.78 Å². The molecule has 2 N–H and O–H groups in total. The number of benzene rings is 1. The third-order valence-electron chi connectivity index (χ3n) is 3.80. The van der Waals surface area contributed by atoms with Crippen LogP contribution in [0, 0.1) is 12.8 Å². The SMILES string of the molecule is Cc1c(-c2ccc(C(F)F)cc2)nn(CC2CC2)c1N. The second-order valence-electron chi connectivity index (χ2n) is 5.41. The standard InChI is InChI=1S/C15H17F2N3/c1-9-13(11-4-6-12(7-5-11)14(16)17)19-20(15(9)18)8-10-2-3-10/h4-7,10,14H,2-3,8,18H2,1H3. The highest BCUT2D eigenvalue weighted by Gasteiger charge is 2.24. The van der Waals surface area contributed by atoms with Crippen molar-refractivity contribution in [3.05, 3.63) is 35.4 Å². The zero-order valence-electron chi connectivity index (χ0n) is 11.3. The smallest absolute Gasteiger partial charge is 0.263 e. The molecule has 0 bridgehead atoms. The minimum Gasteiger partial charge on any atom is -0.384 e. The van der Waals surface area contributed by atoms with Gasteiger partial charge in [0.25, 0.3) is 6.43 Å². The van der Waals surface area contributed by atoms with Gasteiger partial charge >= 0.3 is 0 Å². The molecule has 1 saturated carbocycles. The van der Waals surface area contributed by atoms with E-state index in [1.54, 1.807) is 12.1 Å². The first-order valence-corrected chi connectivity index (χ1v) is 6.77. The molecule has 0 amide bonds. The van der Waals surface area contributed by atoms with Gasteiger partial charge in [0.05, 0.1) is 5.69 Å². The molecule has 0 radical (unpaired) electrons. The topological polar surface area (TPSA) is 43.8 Å². The first-order valence-electron chi connectivity index (χ1n) is 6.77. The lowest BCUT2D eigenvalue weighted by molar-refractivity contribution is 0.151. The van der Waals surface area contributed by atoms with Crippen LogP contribution in [0.4, 0.5) is 14.6 Å². The van der Waals surface area contributed by atoms with Crippen LogP contribution in [0.1, 0.15) is 30.4 Å². The number of nitrogen functional groups attached to an aromatic ring is 1. The van der Waals surface area contributed by atoms with E-state index < -0.39 is 6.43 Å². The van der Waals surface area contributed by atoms with Crippen molar-refractivity contribution in [1.29, 1.82) is 0 Å². The minimum atomic E-state index is -2.44. The van der Waals surface area contributed by atoms with Gasteiger partial charge in [-0.2, -0.15) is 5.10 Å². The quantitative estimate of drug-likeness (QED) is 0.924. The van der Waals surface area contributed by atoms with E-state index in [4.69, 9.17) is 5.73 Å². The number of halogens is 2. The molecule has 1 aromatic carbocycles. The van der Waals surface area contributed by atoms with Crippen LogP contribution in [0.2, 0.25) is 0 Å². The van der Waals surface area contributed by atoms with E-state index in [0.29, 0.717) is 11.7 Å². The normalized spacial score (nSPS) is 15.0. The Balaban J connectivity index is 1.92. The van der Waals surface area contributed by atoms with Crippen LogP contribution >= 0.6 is 0 Å². The molecule has 1 aliphatic carbocycles. The Kier molecular flexibility index (Phi) is 3.20. The number of hydrogen-bond donors (Lipinski definition) is 1. The van der Waals surface area contributed by atoms with Crippen molar-refractivity contribution < 1.29 is 8.78 Å². The molecule has 20 heavy (non-hydrogen) atoms. The Morgan fingerprint density at radius 2 is 1.95 bits per heavy atom. The third-order valence-corrected chi connectivity index (χ3v) is 3.80. The fraction of sp³-hybridized carbons (Fsp3) is 0.400. The molecule has 0 unspecified atom stereocenters. The van der Waals surface area contributed by atoms with Crippen LogP contribution < -0.4 is 5.73 Å². The summed E-state index contributed by atoms with van der Waals surface area (Å²) in [6.07, 6.45) is 0.0238. The molecule has 0 atom stereocenters. The van der Waals surface area contributed by atoms with Crippen molar-refractivity contribution in [3.63, 3.8) is 0 Å². The van der Waals surface area contributed by atoms with Gasteiger partial charge in [-0.25, -0.2) is 13.5 Å². The summed E-state index contributed by atoms with van der Waals surface area (Å²) in [6, 6.07) is 6.24. The summed E-state index contributed by atoms with van der Waals surface area (Å²) < 4.78 is 27.0. The minimum absolute atomic E-state index is 0.0248. The van der Waals surface area contributed by atoms with Gasteiger partial charge in [0, 0.05) is 23.2 Å². The molecule has 1 fully saturated rings. The summed E-state index contributed by atoms with van der Waals surface area (Å²) in [5, 5.41) is 4.54. The third kappa shape index (κ3) is 2.40. The van der Waals surface area contributed by atoms with E-state index in [0.717, 1.165) is 23.4 Å². The Morgan fingerprint density at radius 3 is 2.50 bits per heavy atom. The highest BCUT2D eigenvalue weighted by atomic mass is 19.3. The Morgan fingerprint density at radius 1 is 1.30 bits per heavy atom. The lowest BCUT2D eigenvalue weighted by Gasteiger charge is -2.02. The molecule has 1 aliphatic rings. The zero-order valence-corrected chi connectivity index (χ0v) is 11.3. The number of aromatic nitrogens is 2. The number of nitrogens with two attached hydrogens (primary N) is 1. The predicted molar refractivity (Wildman–Crippen MR) is 74.5 cm³/mol. The highest BCUT2D eigenvalue weighted by Crippen LogP contribution is 2.34. The number of hydrogen-bond acceptors (Lipinski definition) is 2.